The first-order valence-electron chi connectivity index (χ1n) is 7.36. The largest absolute Gasteiger partial charge is 0.483 e. The van der Waals surface area contributed by atoms with Crippen molar-refractivity contribution in [2.45, 2.75) is 20.0 Å². The van der Waals surface area contributed by atoms with E-state index in [0.29, 0.717) is 12.3 Å². The third kappa shape index (κ3) is 3.88. The predicted octanol–water partition coefficient (Wildman–Crippen LogP) is 1.66. The number of amides is 2. The van der Waals surface area contributed by atoms with Crippen molar-refractivity contribution < 1.29 is 14.3 Å². The molecule has 0 unspecified atom stereocenters. The topological polar surface area (TPSA) is 96.1 Å². The molecule has 0 aromatic carbocycles. The molecule has 0 bridgehead atoms. The van der Waals surface area contributed by atoms with Crippen molar-refractivity contribution in [1.82, 2.24) is 20.6 Å². The molecule has 0 radical (unpaired) electrons. The number of hydrogen-bond donors (Lipinski definition) is 3. The summed E-state index contributed by atoms with van der Waals surface area (Å²) in [6.07, 6.45) is 3.06. The Kier molecular flexibility index (Phi) is 5.35. The molecule has 122 valence electrons. The Labute approximate surface area is 134 Å². The number of ether oxygens (including phenoxy) is 1. The number of aromatic nitrogens is 2. The number of H-pyrrole nitrogens is 1. The first-order chi connectivity index (χ1) is 11.1. The molecule has 0 aliphatic carbocycles. The minimum Gasteiger partial charge on any atom is -0.483 e. The quantitative estimate of drug-likeness (QED) is 0.755. The standard InChI is InChI=1S/C16H20N4O3/c1-4-19-15(21)12-8-13(14(20-12)16(22)17-3)23-10(2)11-6-5-7-18-9-11/h5-10,20H,4H2,1-3H3,(H,17,22)(H,19,21)/t10-/m1/s1. The molecule has 0 spiro atoms. The number of hydrogen-bond acceptors (Lipinski definition) is 4. The summed E-state index contributed by atoms with van der Waals surface area (Å²) in [4.78, 5) is 30.8. The van der Waals surface area contributed by atoms with Crippen molar-refractivity contribution in [2.75, 3.05) is 13.6 Å². The van der Waals surface area contributed by atoms with Crippen LogP contribution in [0.15, 0.2) is 30.6 Å². The summed E-state index contributed by atoms with van der Waals surface area (Å²) in [6, 6.07) is 5.23. The molecule has 1 atom stereocenters. The van der Waals surface area contributed by atoms with Crippen LogP contribution < -0.4 is 15.4 Å². The molecule has 0 aliphatic heterocycles. The van der Waals surface area contributed by atoms with E-state index in [-0.39, 0.29) is 29.3 Å². The zero-order valence-corrected chi connectivity index (χ0v) is 13.3. The molecule has 7 heteroatoms. The van der Waals surface area contributed by atoms with Crippen LogP contribution in [0.25, 0.3) is 0 Å². The molecule has 3 N–H and O–H groups in total. The Bertz CT molecular complexity index is 682. The maximum absolute atomic E-state index is 12.0. The van der Waals surface area contributed by atoms with Gasteiger partial charge in [-0.3, -0.25) is 14.6 Å². The molecule has 2 aromatic rings. The summed E-state index contributed by atoms with van der Waals surface area (Å²) >= 11 is 0. The Balaban J connectivity index is 2.28. The van der Waals surface area contributed by atoms with Gasteiger partial charge in [0.05, 0.1) is 0 Å². The summed E-state index contributed by atoms with van der Waals surface area (Å²) in [6.45, 7) is 4.17. The highest BCUT2D eigenvalue weighted by Gasteiger charge is 2.21. The smallest absolute Gasteiger partial charge is 0.271 e. The van der Waals surface area contributed by atoms with Gasteiger partial charge in [-0.1, -0.05) is 6.07 Å². The van der Waals surface area contributed by atoms with Gasteiger partial charge in [0.25, 0.3) is 11.8 Å². The molecule has 2 aromatic heterocycles. The molecule has 0 fully saturated rings. The average molecular weight is 316 g/mol. The van der Waals surface area contributed by atoms with Gasteiger partial charge in [0.15, 0.2) is 5.75 Å². The van der Waals surface area contributed by atoms with Gasteiger partial charge >= 0.3 is 0 Å². The van der Waals surface area contributed by atoms with Gasteiger partial charge in [-0.05, 0) is 19.9 Å². The summed E-state index contributed by atoms with van der Waals surface area (Å²) in [5.74, 6) is -0.322. The number of rotatable bonds is 6. The van der Waals surface area contributed by atoms with Crippen molar-refractivity contribution in [3.63, 3.8) is 0 Å². The average Bonchev–Trinajstić information content (AvgIpc) is 2.99. The lowest BCUT2D eigenvalue weighted by molar-refractivity contribution is 0.0951. The Morgan fingerprint density at radius 1 is 1.39 bits per heavy atom. The zero-order valence-electron chi connectivity index (χ0n) is 13.3. The van der Waals surface area contributed by atoms with Gasteiger partial charge in [0.2, 0.25) is 0 Å². The van der Waals surface area contributed by atoms with Gasteiger partial charge in [-0.15, -0.1) is 0 Å². The number of nitrogens with zero attached hydrogens (tertiary/aromatic N) is 1. The van der Waals surface area contributed by atoms with E-state index in [1.165, 1.54) is 13.1 Å². The predicted molar refractivity (Wildman–Crippen MR) is 85.5 cm³/mol. The van der Waals surface area contributed by atoms with Crippen molar-refractivity contribution in [3.8, 4) is 5.75 Å². The van der Waals surface area contributed by atoms with Crippen LogP contribution in [-0.2, 0) is 0 Å². The third-order valence-corrected chi connectivity index (χ3v) is 3.28. The third-order valence-electron chi connectivity index (χ3n) is 3.28. The molecule has 0 saturated heterocycles. The van der Waals surface area contributed by atoms with E-state index in [0.717, 1.165) is 5.56 Å². The molecular formula is C16H20N4O3. The van der Waals surface area contributed by atoms with E-state index in [4.69, 9.17) is 4.74 Å². The number of carbonyl (C=O) groups is 2. The van der Waals surface area contributed by atoms with Crippen LogP contribution in [0.3, 0.4) is 0 Å². The Morgan fingerprint density at radius 2 is 2.17 bits per heavy atom. The fraction of sp³-hybridized carbons (Fsp3) is 0.312. The zero-order chi connectivity index (χ0) is 16.8. The summed E-state index contributed by atoms with van der Waals surface area (Å²) in [5, 5.41) is 5.20. The van der Waals surface area contributed by atoms with Crippen LogP contribution in [0.2, 0.25) is 0 Å². The second-order valence-electron chi connectivity index (χ2n) is 4.91. The van der Waals surface area contributed by atoms with Crippen LogP contribution in [0.5, 0.6) is 5.75 Å². The molecule has 2 heterocycles. The Hall–Kier alpha value is -2.83. The first-order valence-corrected chi connectivity index (χ1v) is 7.36. The van der Waals surface area contributed by atoms with Gasteiger partial charge in [-0.25, -0.2) is 0 Å². The van der Waals surface area contributed by atoms with Crippen LogP contribution in [-0.4, -0.2) is 35.4 Å². The lowest BCUT2D eigenvalue weighted by Crippen LogP contribution is -2.23. The molecule has 23 heavy (non-hydrogen) atoms. The highest BCUT2D eigenvalue weighted by Crippen LogP contribution is 2.26. The van der Waals surface area contributed by atoms with Crippen LogP contribution in [0.1, 0.15) is 46.5 Å². The maximum atomic E-state index is 12.0. The van der Waals surface area contributed by atoms with Crippen molar-refractivity contribution in [2.24, 2.45) is 0 Å². The molecule has 2 rings (SSSR count). The van der Waals surface area contributed by atoms with E-state index >= 15 is 0 Å². The molecule has 0 saturated carbocycles. The van der Waals surface area contributed by atoms with Gasteiger partial charge in [-0.2, -0.15) is 0 Å². The summed E-state index contributed by atoms with van der Waals surface area (Å²) in [5.41, 5.74) is 1.36. The summed E-state index contributed by atoms with van der Waals surface area (Å²) < 4.78 is 5.85. The van der Waals surface area contributed by atoms with E-state index in [1.807, 2.05) is 26.0 Å². The number of carbonyl (C=O) groups excluding carboxylic acids is 2. The van der Waals surface area contributed by atoms with Crippen LogP contribution >= 0.6 is 0 Å². The van der Waals surface area contributed by atoms with Gasteiger partial charge < -0.3 is 20.4 Å². The molecule has 7 nitrogen and oxygen atoms in total. The number of pyridine rings is 1. The highest BCUT2D eigenvalue weighted by molar-refractivity contribution is 5.99. The normalized spacial score (nSPS) is 11.6. The molecular weight excluding hydrogens is 296 g/mol. The molecule has 0 aliphatic rings. The monoisotopic (exact) mass is 316 g/mol. The van der Waals surface area contributed by atoms with Crippen molar-refractivity contribution in [3.05, 3.63) is 47.5 Å². The lowest BCUT2D eigenvalue weighted by atomic mass is 10.2. The molecule has 2 amide bonds. The van der Waals surface area contributed by atoms with Crippen LogP contribution in [0.4, 0.5) is 0 Å². The van der Waals surface area contributed by atoms with E-state index in [1.54, 1.807) is 12.4 Å². The minimum absolute atomic E-state index is 0.212. The minimum atomic E-state index is -0.353. The van der Waals surface area contributed by atoms with E-state index in [2.05, 4.69) is 20.6 Å². The first kappa shape index (κ1) is 16.5. The lowest BCUT2D eigenvalue weighted by Gasteiger charge is -2.14. The summed E-state index contributed by atoms with van der Waals surface area (Å²) in [7, 11) is 1.52. The SMILES string of the molecule is CCNC(=O)c1cc(O[C@H](C)c2cccnc2)c(C(=O)NC)[nH]1. The number of aromatic amines is 1. The maximum Gasteiger partial charge on any atom is 0.271 e. The van der Waals surface area contributed by atoms with E-state index in [9.17, 15) is 9.59 Å². The Morgan fingerprint density at radius 3 is 2.78 bits per heavy atom. The second kappa shape index (κ2) is 7.44. The van der Waals surface area contributed by atoms with E-state index < -0.39 is 0 Å². The van der Waals surface area contributed by atoms with Gasteiger partial charge in [0, 0.05) is 37.6 Å². The highest BCUT2D eigenvalue weighted by atomic mass is 16.5. The second-order valence-corrected chi connectivity index (χ2v) is 4.91. The number of nitrogens with one attached hydrogen (secondary N) is 3. The van der Waals surface area contributed by atoms with Crippen LogP contribution in [0, 0.1) is 0 Å². The van der Waals surface area contributed by atoms with Crippen molar-refractivity contribution >= 4 is 11.8 Å². The van der Waals surface area contributed by atoms with Crippen molar-refractivity contribution in [1.29, 1.82) is 0 Å². The fourth-order valence-corrected chi connectivity index (χ4v) is 2.08. The van der Waals surface area contributed by atoms with Gasteiger partial charge in [0.1, 0.15) is 17.5 Å². The fourth-order valence-electron chi connectivity index (χ4n) is 2.08.